The Morgan fingerprint density at radius 2 is 1.82 bits per heavy atom. The Bertz CT molecular complexity index is 1490. The number of benzene rings is 2. The van der Waals surface area contributed by atoms with E-state index in [-0.39, 0.29) is 17.7 Å². The molecule has 1 unspecified atom stereocenters. The fraction of sp³-hybridized carbons (Fsp3) is 0.571. The summed E-state index contributed by atoms with van der Waals surface area (Å²) in [4.78, 5) is 34.0. The lowest BCUT2D eigenvalue weighted by Crippen LogP contribution is -2.48. The van der Waals surface area contributed by atoms with E-state index in [2.05, 4.69) is 80.8 Å². The number of aryl methyl sites for hydroxylation is 1. The van der Waals surface area contributed by atoms with Gasteiger partial charge in [-0.25, -0.2) is 4.98 Å². The maximum atomic E-state index is 12.4. The lowest BCUT2D eigenvalue weighted by atomic mass is 9.83. The first kappa shape index (κ1) is 31.1. The highest BCUT2D eigenvalue weighted by Gasteiger charge is 2.29. The zero-order valence-electron chi connectivity index (χ0n) is 26.4. The number of piperidine rings is 1. The molecular weight excluding hydrogens is 618 g/mol. The van der Waals surface area contributed by atoms with E-state index in [0.717, 1.165) is 84.3 Å². The number of imidazole rings is 1. The third-order valence-electron chi connectivity index (χ3n) is 10.1. The summed E-state index contributed by atoms with van der Waals surface area (Å²) < 4.78 is 9.66. The van der Waals surface area contributed by atoms with Gasteiger partial charge in [-0.05, 0) is 87.1 Å². The van der Waals surface area contributed by atoms with Crippen molar-refractivity contribution in [2.75, 3.05) is 37.6 Å². The summed E-state index contributed by atoms with van der Waals surface area (Å²) in [6.07, 6.45) is 8.77. The Hall–Kier alpha value is -2.91. The van der Waals surface area contributed by atoms with Crippen LogP contribution in [0.5, 0.6) is 5.75 Å². The van der Waals surface area contributed by atoms with Gasteiger partial charge in [0, 0.05) is 56.2 Å². The number of hydrogen-bond donors (Lipinski definition) is 1. The smallest absolute Gasteiger partial charge is 0.234 e. The fourth-order valence-corrected chi connectivity index (χ4v) is 7.68. The summed E-state index contributed by atoms with van der Waals surface area (Å²) in [5.74, 6) is 2.86. The number of fused-ring (bicyclic) bond motifs is 1. The Morgan fingerprint density at radius 3 is 2.57 bits per heavy atom. The second-order valence-corrected chi connectivity index (χ2v) is 14.2. The molecule has 9 heteroatoms. The largest absolute Gasteiger partial charge is 0.490 e. The van der Waals surface area contributed by atoms with Crippen LogP contribution in [0.3, 0.4) is 0 Å². The molecule has 2 atom stereocenters. The van der Waals surface area contributed by atoms with Crippen LogP contribution in [0.2, 0.25) is 0 Å². The van der Waals surface area contributed by atoms with Gasteiger partial charge in [-0.1, -0.05) is 41.4 Å². The number of amides is 2. The third kappa shape index (κ3) is 6.99. The number of ether oxygens (including phenoxy) is 1. The van der Waals surface area contributed by atoms with Crippen LogP contribution in [0.1, 0.15) is 75.3 Å². The van der Waals surface area contributed by atoms with Crippen LogP contribution in [0.4, 0.5) is 5.95 Å². The summed E-state index contributed by atoms with van der Waals surface area (Å²) in [5.41, 5.74) is 4.10. The van der Waals surface area contributed by atoms with E-state index >= 15 is 0 Å². The molecule has 1 aliphatic carbocycles. The van der Waals surface area contributed by atoms with Gasteiger partial charge in [0.05, 0.1) is 23.1 Å². The number of hydrogen-bond acceptors (Lipinski definition) is 6. The van der Waals surface area contributed by atoms with Crippen LogP contribution in [0, 0.1) is 18.8 Å². The van der Waals surface area contributed by atoms with Crippen molar-refractivity contribution in [2.45, 2.75) is 77.2 Å². The molecule has 6 rings (SSSR count). The maximum Gasteiger partial charge on any atom is 0.234 e. The Balaban J connectivity index is 0.943. The van der Waals surface area contributed by atoms with Crippen LogP contribution in [0.15, 0.2) is 40.9 Å². The molecule has 3 heterocycles. The zero-order chi connectivity index (χ0) is 30.8. The van der Waals surface area contributed by atoms with Gasteiger partial charge in [-0.2, -0.15) is 0 Å². The van der Waals surface area contributed by atoms with Gasteiger partial charge in [0.2, 0.25) is 17.8 Å². The van der Waals surface area contributed by atoms with Crippen LogP contribution < -0.4 is 15.0 Å². The Kier molecular flexibility index (Phi) is 9.62. The summed E-state index contributed by atoms with van der Waals surface area (Å²) in [6, 6.07) is 12.3. The molecular formula is C35H46BrN5O3. The van der Waals surface area contributed by atoms with E-state index in [0.29, 0.717) is 24.9 Å². The van der Waals surface area contributed by atoms with Gasteiger partial charge in [0.1, 0.15) is 5.75 Å². The van der Waals surface area contributed by atoms with Gasteiger partial charge in [0.25, 0.3) is 0 Å². The van der Waals surface area contributed by atoms with Crippen LogP contribution >= 0.6 is 15.9 Å². The molecule has 1 N–H and O–H groups in total. The molecule has 3 aromatic rings. The van der Waals surface area contributed by atoms with E-state index in [1.165, 1.54) is 31.2 Å². The predicted molar refractivity (Wildman–Crippen MR) is 178 cm³/mol. The molecule has 2 amide bonds. The number of piperazine rings is 1. The van der Waals surface area contributed by atoms with E-state index in [1.54, 1.807) is 0 Å². The Morgan fingerprint density at radius 1 is 1.05 bits per heavy atom. The average molecular weight is 665 g/mol. The van der Waals surface area contributed by atoms with E-state index < -0.39 is 0 Å². The molecule has 2 aromatic carbocycles. The normalized spacial score (nSPS) is 24.0. The van der Waals surface area contributed by atoms with Crippen molar-refractivity contribution in [1.82, 2.24) is 19.8 Å². The topological polar surface area (TPSA) is 79.7 Å². The number of carbonyl (C=O) groups is 2. The molecule has 0 bridgehead atoms. The lowest BCUT2D eigenvalue weighted by molar-refractivity contribution is -0.134. The van der Waals surface area contributed by atoms with Gasteiger partial charge >= 0.3 is 0 Å². The highest BCUT2D eigenvalue weighted by Crippen LogP contribution is 2.34. The quantitative estimate of drug-likeness (QED) is 0.269. The minimum Gasteiger partial charge on any atom is -0.490 e. The molecule has 3 aliphatic rings. The van der Waals surface area contributed by atoms with Crippen molar-refractivity contribution in [1.29, 1.82) is 0 Å². The summed E-state index contributed by atoms with van der Waals surface area (Å²) in [5, 5.41) is 2.48. The number of halogens is 1. The number of imide groups is 1. The molecule has 1 saturated carbocycles. The number of anilines is 1. The second-order valence-electron chi connectivity index (χ2n) is 13.3. The molecule has 44 heavy (non-hydrogen) atoms. The number of rotatable bonds is 9. The molecule has 236 valence electrons. The van der Waals surface area contributed by atoms with Crippen LogP contribution in [0.25, 0.3) is 11.0 Å². The molecule has 0 spiro atoms. The van der Waals surface area contributed by atoms with Gasteiger partial charge in [-0.3, -0.25) is 19.8 Å². The van der Waals surface area contributed by atoms with Crippen molar-refractivity contribution in [3.05, 3.63) is 52.0 Å². The van der Waals surface area contributed by atoms with E-state index in [9.17, 15) is 9.59 Å². The highest BCUT2D eigenvalue weighted by atomic mass is 79.9. The second kappa shape index (κ2) is 13.6. The van der Waals surface area contributed by atoms with E-state index in [1.807, 2.05) is 12.1 Å². The SMILES string of the molecule is Cc1c(Br)cccc1OC1CCC(CC[C@@H](C)CN2CCN(c3nc4cc(C5CCC(=O)NC5=O)ccc4n3C)CC2)CC1. The molecule has 2 aliphatic heterocycles. The first-order valence-electron chi connectivity index (χ1n) is 16.4. The number of aromatic nitrogens is 2. The lowest BCUT2D eigenvalue weighted by Gasteiger charge is -2.36. The molecule has 1 aromatic heterocycles. The maximum absolute atomic E-state index is 12.4. The van der Waals surface area contributed by atoms with E-state index in [4.69, 9.17) is 9.72 Å². The van der Waals surface area contributed by atoms with Gasteiger partial charge < -0.3 is 14.2 Å². The van der Waals surface area contributed by atoms with Crippen molar-refractivity contribution in [3.63, 3.8) is 0 Å². The van der Waals surface area contributed by atoms with Crippen molar-refractivity contribution in [2.24, 2.45) is 18.9 Å². The highest BCUT2D eigenvalue weighted by molar-refractivity contribution is 9.10. The number of nitrogens with zero attached hydrogens (tertiary/aromatic N) is 4. The monoisotopic (exact) mass is 663 g/mol. The van der Waals surface area contributed by atoms with Crippen molar-refractivity contribution >= 4 is 44.7 Å². The molecule has 2 saturated heterocycles. The molecule has 0 radical (unpaired) electrons. The predicted octanol–water partition coefficient (Wildman–Crippen LogP) is 6.34. The summed E-state index contributed by atoms with van der Waals surface area (Å²) >= 11 is 3.62. The third-order valence-corrected chi connectivity index (χ3v) is 11.0. The zero-order valence-corrected chi connectivity index (χ0v) is 27.9. The van der Waals surface area contributed by atoms with Crippen LogP contribution in [-0.2, 0) is 16.6 Å². The molecule has 8 nitrogen and oxygen atoms in total. The summed E-state index contributed by atoms with van der Waals surface area (Å²) in [7, 11) is 2.08. The van der Waals surface area contributed by atoms with Crippen molar-refractivity contribution < 1.29 is 14.3 Å². The molecule has 3 fully saturated rings. The standard InChI is InChI=1S/C35H46BrN5O3/c1-23(7-8-25-9-12-27(13-10-25)44-32-6-4-5-29(36)24(32)2)22-40-17-19-41(20-18-40)35-37-30-21-26(11-15-31(30)39(35)3)28-14-16-33(42)38-34(28)43/h4-6,11,15,21,23,25,27-28H,7-10,12-14,16-20,22H2,1-3H3,(H,38,42,43)/t23-,25?,27?,28?/m1/s1. The first-order valence-corrected chi connectivity index (χ1v) is 17.2. The minimum atomic E-state index is -0.288. The minimum absolute atomic E-state index is 0.183. The fourth-order valence-electron chi connectivity index (χ4n) is 7.33. The van der Waals surface area contributed by atoms with Gasteiger partial charge in [0.15, 0.2) is 0 Å². The number of nitrogens with one attached hydrogen (secondary N) is 1. The number of carbonyl (C=O) groups excluding carboxylic acids is 2. The van der Waals surface area contributed by atoms with Crippen LogP contribution in [-0.4, -0.2) is 65.1 Å². The summed E-state index contributed by atoms with van der Waals surface area (Å²) in [6.45, 7) is 9.72. The average Bonchev–Trinajstić information content (AvgIpc) is 3.35. The first-order chi connectivity index (χ1) is 21.2. The van der Waals surface area contributed by atoms with Crippen molar-refractivity contribution in [3.8, 4) is 5.75 Å². The Labute approximate surface area is 269 Å². The van der Waals surface area contributed by atoms with Gasteiger partial charge in [-0.15, -0.1) is 0 Å².